The van der Waals surface area contributed by atoms with Crippen LogP contribution in [0, 0.1) is 20.7 Å². The summed E-state index contributed by atoms with van der Waals surface area (Å²) >= 11 is 0. The molecule has 2 rings (SSSR count). The van der Waals surface area contributed by atoms with Crippen LogP contribution in [-0.2, 0) is 7.05 Å². The molecule has 0 spiro atoms. The zero-order chi connectivity index (χ0) is 20.1. The first-order valence-electron chi connectivity index (χ1n) is 9.78. The minimum atomic E-state index is -2.66. The van der Waals surface area contributed by atoms with E-state index in [9.17, 15) is 0 Å². The first kappa shape index (κ1) is 7.23. The highest BCUT2D eigenvalue weighted by molar-refractivity contribution is 5.64. The highest BCUT2D eigenvalue weighted by Crippen LogP contribution is 2.28. The van der Waals surface area contributed by atoms with Crippen LogP contribution >= 0.6 is 0 Å². The lowest BCUT2D eigenvalue weighted by molar-refractivity contribution is -0.660. The van der Waals surface area contributed by atoms with E-state index in [1.165, 1.54) is 13.0 Å². The zero-order valence-corrected chi connectivity index (χ0v) is 11.8. The lowest BCUT2D eigenvalue weighted by atomic mass is 9.91. The monoisotopic (exact) mass is 261 g/mol. The predicted octanol–water partition coefficient (Wildman–Crippen LogP) is 4.23. The molecule has 0 saturated heterocycles. The molecule has 1 heteroatoms. The summed E-state index contributed by atoms with van der Waals surface area (Å²) in [6.45, 7) is -0.157. The third-order valence-electron chi connectivity index (χ3n) is 3.35. The lowest BCUT2D eigenvalue weighted by Crippen LogP contribution is -2.30. The molecule has 1 atom stereocenters. The van der Waals surface area contributed by atoms with Gasteiger partial charge in [0.1, 0.15) is 7.05 Å². The molecule has 1 aromatic heterocycles. The van der Waals surface area contributed by atoms with Crippen LogP contribution in [0.4, 0.5) is 0 Å². The third kappa shape index (κ3) is 2.70. The Balaban J connectivity index is 2.87. The maximum absolute atomic E-state index is 8.45. The molecular formula is C18H24N+. The Labute approximate surface area is 126 Å². The molecular weight excluding hydrogens is 230 g/mol. The average molecular weight is 261 g/mol. The van der Waals surface area contributed by atoms with Gasteiger partial charge in [0.15, 0.2) is 6.20 Å². The van der Waals surface area contributed by atoms with Crippen molar-refractivity contribution >= 4 is 0 Å². The molecule has 0 saturated carbocycles. The van der Waals surface area contributed by atoms with Crippen LogP contribution in [0.3, 0.4) is 0 Å². The van der Waals surface area contributed by atoms with Crippen molar-refractivity contribution in [1.29, 1.82) is 0 Å². The van der Waals surface area contributed by atoms with Crippen LogP contribution in [0.1, 0.15) is 51.5 Å². The fourth-order valence-electron chi connectivity index (χ4n) is 2.24. The van der Waals surface area contributed by atoms with Crippen LogP contribution in [0.25, 0.3) is 11.3 Å². The quantitative estimate of drug-likeness (QED) is 0.712. The normalized spacial score (nSPS) is 20.9. The third-order valence-corrected chi connectivity index (χ3v) is 3.35. The Morgan fingerprint density at radius 1 is 1.21 bits per heavy atom. The van der Waals surface area contributed by atoms with Gasteiger partial charge in [-0.3, -0.25) is 0 Å². The molecule has 0 fully saturated rings. The van der Waals surface area contributed by atoms with Gasteiger partial charge in [0.05, 0.1) is 0 Å². The first-order valence-corrected chi connectivity index (χ1v) is 6.28. The lowest BCUT2D eigenvalue weighted by Gasteiger charge is -2.14. The van der Waals surface area contributed by atoms with Crippen molar-refractivity contribution in [3.8, 4) is 11.3 Å². The Bertz CT molecular complexity index is 833. The van der Waals surface area contributed by atoms with Gasteiger partial charge in [-0.25, -0.2) is 4.57 Å². The molecule has 0 radical (unpaired) electrons. The van der Waals surface area contributed by atoms with E-state index in [-0.39, 0.29) is 11.1 Å². The van der Waals surface area contributed by atoms with Crippen molar-refractivity contribution in [1.82, 2.24) is 0 Å². The molecule has 1 nitrogen and oxygen atoms in total. The fourth-order valence-corrected chi connectivity index (χ4v) is 2.24. The van der Waals surface area contributed by atoms with Gasteiger partial charge in [-0.15, -0.1) is 0 Å². The Hall–Kier alpha value is -1.63. The van der Waals surface area contributed by atoms with Crippen LogP contribution in [0.15, 0.2) is 30.5 Å². The molecule has 0 N–H and O–H groups in total. The van der Waals surface area contributed by atoms with Gasteiger partial charge in [0.25, 0.3) is 0 Å². The van der Waals surface area contributed by atoms with Gasteiger partial charge < -0.3 is 0 Å². The Kier molecular flexibility index (Phi) is 1.96. The van der Waals surface area contributed by atoms with Gasteiger partial charge in [0.2, 0.25) is 5.69 Å². The fraction of sp³-hybridized carbons (Fsp3) is 0.389. The molecule has 19 heavy (non-hydrogen) atoms. The maximum atomic E-state index is 8.45. The van der Waals surface area contributed by atoms with Gasteiger partial charge in [-0.05, 0) is 54.9 Å². The molecule has 1 heterocycles. The van der Waals surface area contributed by atoms with Crippen LogP contribution in [-0.4, -0.2) is 0 Å². The summed E-state index contributed by atoms with van der Waals surface area (Å²) in [6, 6.07) is 6.97. The van der Waals surface area contributed by atoms with E-state index in [1.807, 2.05) is 36.9 Å². The first-order chi connectivity index (χ1) is 11.7. The van der Waals surface area contributed by atoms with E-state index in [4.69, 9.17) is 9.60 Å². The van der Waals surface area contributed by atoms with Crippen molar-refractivity contribution in [2.45, 2.75) is 40.4 Å². The van der Waals surface area contributed by atoms with Gasteiger partial charge >= 0.3 is 0 Å². The van der Waals surface area contributed by atoms with Gasteiger partial charge in [-0.1, -0.05) is 19.8 Å². The predicted molar refractivity (Wildman–Crippen MR) is 81.4 cm³/mol. The van der Waals surface area contributed by atoms with Crippen molar-refractivity contribution in [2.24, 2.45) is 7.05 Å². The SMILES string of the molecule is [2H]C([2H])([2H])c1cc(C)c(-c2cc(C)cc[n+]2C)cc1C([2H])(C)C([2H])([2H])[2H]. The molecule has 2 aromatic rings. The summed E-state index contributed by atoms with van der Waals surface area (Å²) in [6.07, 6.45) is 1.89. The summed E-state index contributed by atoms with van der Waals surface area (Å²) in [7, 11) is 1.87. The number of hydrogen-bond acceptors (Lipinski definition) is 0. The standard InChI is InChI=1S/C18H24N/c1-12(2)16-11-17(15(5)10-14(16)4)18-9-13(3)7-8-19(18)6/h7-12H,1-6H3/q+1/i1D3,4D3,12D. The molecule has 100 valence electrons. The largest absolute Gasteiger partial charge is 0.212 e. The summed E-state index contributed by atoms with van der Waals surface area (Å²) in [4.78, 5) is 0. The van der Waals surface area contributed by atoms with Crippen LogP contribution in [0.5, 0.6) is 0 Å². The van der Waals surface area contributed by atoms with Gasteiger partial charge in [0, 0.05) is 27.3 Å². The summed E-state index contributed by atoms with van der Waals surface area (Å²) in [5.41, 5.74) is 3.25. The summed E-state index contributed by atoms with van der Waals surface area (Å²) in [5, 5.41) is 0. The number of hydrogen-bond donors (Lipinski definition) is 0. The molecule has 0 aliphatic heterocycles. The second-order valence-corrected chi connectivity index (χ2v) is 5.04. The highest BCUT2D eigenvalue weighted by atomic mass is 14.9. The number of aryl methyl sites for hydroxylation is 4. The molecule has 0 amide bonds. The Morgan fingerprint density at radius 3 is 2.68 bits per heavy atom. The number of aromatic nitrogens is 1. The second-order valence-electron chi connectivity index (χ2n) is 5.04. The number of nitrogens with zero attached hydrogens (tertiary/aromatic N) is 1. The van der Waals surface area contributed by atoms with E-state index >= 15 is 0 Å². The van der Waals surface area contributed by atoms with Crippen molar-refractivity contribution in [3.63, 3.8) is 0 Å². The molecule has 1 unspecified atom stereocenters. The minimum absolute atomic E-state index is 0.0135. The average Bonchev–Trinajstić information content (AvgIpc) is 2.47. The smallest absolute Gasteiger partial charge is 0.201 e. The molecule has 0 aliphatic rings. The topological polar surface area (TPSA) is 3.88 Å². The van der Waals surface area contributed by atoms with Crippen molar-refractivity contribution in [2.75, 3.05) is 0 Å². The van der Waals surface area contributed by atoms with E-state index in [1.54, 1.807) is 13.0 Å². The molecule has 0 bridgehead atoms. The Morgan fingerprint density at radius 2 is 2.00 bits per heavy atom. The minimum Gasteiger partial charge on any atom is -0.201 e. The molecule has 1 aromatic carbocycles. The second kappa shape index (κ2) is 5.16. The van der Waals surface area contributed by atoms with Crippen LogP contribution < -0.4 is 4.57 Å². The maximum Gasteiger partial charge on any atom is 0.212 e. The van der Waals surface area contributed by atoms with E-state index in [2.05, 4.69) is 0 Å². The molecule has 0 aliphatic carbocycles. The number of pyridine rings is 1. The summed E-state index contributed by atoms with van der Waals surface area (Å²) < 4.78 is 57.0. The number of benzene rings is 1. The van der Waals surface area contributed by atoms with Crippen molar-refractivity contribution < 1.29 is 14.2 Å². The van der Waals surface area contributed by atoms with E-state index < -0.39 is 19.6 Å². The van der Waals surface area contributed by atoms with Crippen molar-refractivity contribution in [3.05, 3.63) is 52.7 Å². The number of rotatable bonds is 2. The summed E-state index contributed by atoms with van der Waals surface area (Å²) in [5.74, 6) is -2.04. The highest BCUT2D eigenvalue weighted by Gasteiger charge is 2.15. The van der Waals surface area contributed by atoms with E-state index in [0.717, 1.165) is 22.4 Å². The van der Waals surface area contributed by atoms with E-state index in [0.29, 0.717) is 0 Å². The zero-order valence-electron chi connectivity index (χ0n) is 18.8. The van der Waals surface area contributed by atoms with Crippen LogP contribution in [0.2, 0.25) is 0 Å². The van der Waals surface area contributed by atoms with Gasteiger partial charge in [-0.2, -0.15) is 0 Å².